The molecular formula is C24H25NO3S. The molecule has 0 saturated carbocycles. The van der Waals surface area contributed by atoms with Crippen LogP contribution in [-0.2, 0) is 16.4 Å². The summed E-state index contributed by atoms with van der Waals surface area (Å²) in [6, 6.07) is 11.5. The molecule has 0 aliphatic heterocycles. The summed E-state index contributed by atoms with van der Waals surface area (Å²) in [6.07, 6.45) is 10.1. The number of hydrogen-bond donors (Lipinski definition) is 1. The summed E-state index contributed by atoms with van der Waals surface area (Å²) in [6.45, 7) is 5.52. The van der Waals surface area contributed by atoms with Gasteiger partial charge in [0.05, 0.1) is 5.52 Å². The average molecular weight is 408 g/mol. The lowest BCUT2D eigenvalue weighted by Gasteiger charge is -2.27. The molecule has 1 N–H and O–H groups in total. The Kier molecular flexibility index (Phi) is 4.66. The van der Waals surface area contributed by atoms with Gasteiger partial charge in [0.2, 0.25) is 10.0 Å². The van der Waals surface area contributed by atoms with Gasteiger partial charge in [-0.25, -0.2) is 12.4 Å². The number of nitrogens with zero attached hydrogens (tertiary/aromatic N) is 1. The number of fused-ring (bicyclic) bond motifs is 1. The Morgan fingerprint density at radius 2 is 1.79 bits per heavy atom. The molecule has 0 amide bonds. The van der Waals surface area contributed by atoms with Gasteiger partial charge < -0.3 is 5.11 Å². The van der Waals surface area contributed by atoms with Crippen molar-refractivity contribution in [2.45, 2.75) is 38.4 Å². The van der Waals surface area contributed by atoms with E-state index >= 15 is 0 Å². The molecule has 1 unspecified atom stereocenters. The lowest BCUT2D eigenvalue weighted by molar-refractivity contribution is 0.466. The van der Waals surface area contributed by atoms with Crippen LogP contribution in [0.5, 0.6) is 5.75 Å². The van der Waals surface area contributed by atoms with Crippen molar-refractivity contribution in [2.24, 2.45) is 0 Å². The number of phenolic OH excluding ortho intramolecular Hbond substituents is 1. The number of rotatable bonds is 4. The lowest BCUT2D eigenvalue weighted by atomic mass is 9.99. The van der Waals surface area contributed by atoms with Crippen molar-refractivity contribution >= 4 is 20.9 Å². The summed E-state index contributed by atoms with van der Waals surface area (Å²) < 4.78 is 27.6. The number of benzene rings is 2. The van der Waals surface area contributed by atoms with E-state index in [0.29, 0.717) is 24.1 Å². The Labute approximate surface area is 171 Å². The van der Waals surface area contributed by atoms with E-state index in [1.165, 1.54) is 3.97 Å². The Morgan fingerprint density at radius 3 is 2.45 bits per heavy atom. The molecule has 29 heavy (non-hydrogen) atoms. The average Bonchev–Trinajstić information content (AvgIpc) is 3.06. The van der Waals surface area contributed by atoms with E-state index in [2.05, 4.69) is 0 Å². The van der Waals surface area contributed by atoms with Crippen LogP contribution in [0.25, 0.3) is 10.9 Å². The summed E-state index contributed by atoms with van der Waals surface area (Å²) in [5.41, 5.74) is 4.34. The molecule has 5 heteroatoms. The van der Waals surface area contributed by atoms with Gasteiger partial charge in [-0.05, 0) is 61.9 Å². The standard InChI is InChI=1S/C24H25NO3S/c1-17-13-19(14-18(2)23(17)26)15-20-16-25(22-10-6-5-9-21(20)22)29(27,28)24(3)11-7-4-8-12-24/h4-11,13-14,16,26H,12,15H2,1-3H3. The first-order valence-electron chi connectivity index (χ1n) is 9.70. The molecule has 1 aliphatic rings. The van der Waals surface area contributed by atoms with Gasteiger partial charge in [-0.1, -0.05) is 54.6 Å². The predicted molar refractivity (Wildman–Crippen MR) is 118 cm³/mol. The molecule has 1 aromatic heterocycles. The zero-order valence-corrected chi connectivity index (χ0v) is 17.7. The molecule has 0 fully saturated rings. The first-order valence-corrected chi connectivity index (χ1v) is 11.1. The second-order valence-electron chi connectivity index (χ2n) is 8.03. The third kappa shape index (κ3) is 3.19. The lowest BCUT2D eigenvalue weighted by Crippen LogP contribution is -2.37. The van der Waals surface area contributed by atoms with Crippen molar-refractivity contribution in [1.82, 2.24) is 3.97 Å². The van der Waals surface area contributed by atoms with Crippen LogP contribution >= 0.6 is 0 Å². The number of para-hydroxylation sites is 1. The van der Waals surface area contributed by atoms with Crippen molar-refractivity contribution in [2.75, 3.05) is 0 Å². The molecule has 1 atom stereocenters. The number of allylic oxidation sites excluding steroid dienone is 3. The quantitative estimate of drug-likeness (QED) is 0.662. The molecule has 0 bridgehead atoms. The van der Waals surface area contributed by atoms with E-state index in [9.17, 15) is 13.5 Å². The molecule has 1 aliphatic carbocycles. The molecule has 4 nitrogen and oxygen atoms in total. The SMILES string of the molecule is Cc1cc(Cc2cn(S(=O)(=O)C3(C)C=CC=CC3)c3ccccc23)cc(C)c1O. The molecule has 1 heterocycles. The van der Waals surface area contributed by atoms with Crippen molar-refractivity contribution in [1.29, 1.82) is 0 Å². The number of aromatic nitrogens is 1. The van der Waals surface area contributed by atoms with Crippen LogP contribution in [0.15, 0.2) is 66.9 Å². The highest BCUT2D eigenvalue weighted by atomic mass is 32.2. The Hall–Kier alpha value is -2.79. The van der Waals surface area contributed by atoms with Crippen molar-refractivity contribution in [3.05, 3.63) is 89.2 Å². The zero-order chi connectivity index (χ0) is 20.8. The van der Waals surface area contributed by atoms with E-state index in [1.807, 2.05) is 62.4 Å². The smallest absolute Gasteiger partial charge is 0.248 e. The van der Waals surface area contributed by atoms with E-state index in [1.54, 1.807) is 25.3 Å². The first-order chi connectivity index (χ1) is 13.7. The molecule has 4 rings (SSSR count). The van der Waals surface area contributed by atoms with Crippen LogP contribution in [-0.4, -0.2) is 22.2 Å². The minimum absolute atomic E-state index is 0.309. The van der Waals surface area contributed by atoms with Crippen LogP contribution in [0.3, 0.4) is 0 Å². The summed E-state index contributed by atoms with van der Waals surface area (Å²) in [7, 11) is -3.64. The minimum atomic E-state index is -3.64. The van der Waals surface area contributed by atoms with E-state index in [0.717, 1.165) is 27.6 Å². The number of hydrogen-bond acceptors (Lipinski definition) is 3. The number of aromatic hydroxyl groups is 1. The third-order valence-corrected chi connectivity index (χ3v) is 8.07. The molecule has 0 saturated heterocycles. The topological polar surface area (TPSA) is 59.3 Å². The van der Waals surface area contributed by atoms with Crippen molar-refractivity contribution < 1.29 is 13.5 Å². The molecular weight excluding hydrogens is 382 g/mol. The molecule has 0 spiro atoms. The summed E-state index contributed by atoms with van der Waals surface area (Å²) in [5.74, 6) is 0.309. The maximum Gasteiger partial charge on any atom is 0.248 e. The predicted octanol–water partition coefficient (Wildman–Crippen LogP) is 5.01. The van der Waals surface area contributed by atoms with Crippen molar-refractivity contribution in [3.63, 3.8) is 0 Å². The third-order valence-electron chi connectivity index (χ3n) is 5.77. The second kappa shape index (κ2) is 6.92. The highest BCUT2D eigenvalue weighted by molar-refractivity contribution is 7.91. The van der Waals surface area contributed by atoms with Gasteiger partial charge in [0.15, 0.2) is 0 Å². The summed E-state index contributed by atoms with van der Waals surface area (Å²) >= 11 is 0. The van der Waals surface area contributed by atoms with E-state index in [-0.39, 0.29) is 0 Å². The normalized spacial score (nSPS) is 19.1. The molecule has 0 radical (unpaired) electrons. The number of aryl methyl sites for hydroxylation is 2. The fraction of sp³-hybridized carbons (Fsp3) is 0.250. The van der Waals surface area contributed by atoms with Gasteiger partial charge in [-0.2, -0.15) is 0 Å². The fourth-order valence-corrected chi connectivity index (χ4v) is 5.74. The Balaban J connectivity index is 1.85. The zero-order valence-electron chi connectivity index (χ0n) is 16.9. The molecule has 2 aromatic carbocycles. The monoisotopic (exact) mass is 407 g/mol. The van der Waals surface area contributed by atoms with Crippen LogP contribution in [0.1, 0.15) is 35.6 Å². The minimum Gasteiger partial charge on any atom is -0.507 e. The molecule has 150 valence electrons. The van der Waals surface area contributed by atoms with Crippen LogP contribution < -0.4 is 0 Å². The maximum absolute atomic E-state index is 13.6. The Bertz CT molecular complexity index is 1240. The van der Waals surface area contributed by atoms with Gasteiger partial charge in [-0.3, -0.25) is 0 Å². The van der Waals surface area contributed by atoms with Crippen molar-refractivity contribution in [3.8, 4) is 5.75 Å². The van der Waals surface area contributed by atoms with Crippen LogP contribution in [0, 0.1) is 13.8 Å². The van der Waals surface area contributed by atoms with Crippen LogP contribution in [0.4, 0.5) is 0 Å². The van der Waals surface area contributed by atoms with Gasteiger partial charge in [-0.15, -0.1) is 0 Å². The summed E-state index contributed by atoms with van der Waals surface area (Å²) in [5, 5.41) is 11.0. The highest BCUT2D eigenvalue weighted by Crippen LogP contribution is 2.34. The van der Waals surface area contributed by atoms with E-state index in [4.69, 9.17) is 0 Å². The van der Waals surface area contributed by atoms with Gasteiger partial charge >= 0.3 is 0 Å². The van der Waals surface area contributed by atoms with Gasteiger partial charge in [0.1, 0.15) is 10.5 Å². The second-order valence-corrected chi connectivity index (χ2v) is 10.3. The van der Waals surface area contributed by atoms with Gasteiger partial charge in [0, 0.05) is 11.6 Å². The van der Waals surface area contributed by atoms with Gasteiger partial charge in [0.25, 0.3) is 0 Å². The fourth-order valence-electron chi connectivity index (χ4n) is 4.05. The summed E-state index contributed by atoms with van der Waals surface area (Å²) in [4.78, 5) is 0. The Morgan fingerprint density at radius 1 is 1.10 bits per heavy atom. The van der Waals surface area contributed by atoms with E-state index < -0.39 is 14.8 Å². The first kappa shape index (κ1) is 19.5. The van der Waals surface area contributed by atoms with Crippen LogP contribution in [0.2, 0.25) is 0 Å². The number of phenols is 1. The highest BCUT2D eigenvalue weighted by Gasteiger charge is 2.38. The maximum atomic E-state index is 13.6. The largest absolute Gasteiger partial charge is 0.507 e. The molecule has 3 aromatic rings.